The Balaban J connectivity index is 2.37. The summed E-state index contributed by atoms with van der Waals surface area (Å²) >= 11 is 5.86. The zero-order chi connectivity index (χ0) is 11.1. The van der Waals surface area contributed by atoms with Crippen molar-refractivity contribution in [3.63, 3.8) is 0 Å². The van der Waals surface area contributed by atoms with E-state index >= 15 is 0 Å². The fraction of sp³-hybridized carbons (Fsp3) is 0.364. The van der Waals surface area contributed by atoms with E-state index in [2.05, 4.69) is 5.32 Å². The molecule has 0 saturated carbocycles. The lowest BCUT2D eigenvalue weighted by Crippen LogP contribution is -2.29. The van der Waals surface area contributed by atoms with Crippen LogP contribution < -0.4 is 10.1 Å². The average Bonchev–Trinajstić information content (AvgIpc) is 2.25. The number of carbonyl (C=O) groups excluding carboxylic acids is 1. The number of halogens is 1. The first-order valence-corrected chi connectivity index (χ1v) is 5.26. The molecule has 15 heavy (non-hydrogen) atoms. The summed E-state index contributed by atoms with van der Waals surface area (Å²) in [5.74, 6) is 0.405. The first-order chi connectivity index (χ1) is 7.24. The predicted octanol–water partition coefficient (Wildman–Crippen LogP) is 2.25. The van der Waals surface area contributed by atoms with Crippen molar-refractivity contribution < 1.29 is 9.53 Å². The van der Waals surface area contributed by atoms with Gasteiger partial charge < -0.3 is 10.1 Å². The van der Waals surface area contributed by atoms with Crippen LogP contribution in [0.2, 0.25) is 5.02 Å². The maximum absolute atomic E-state index is 11.2. The third-order valence-electron chi connectivity index (χ3n) is 1.77. The maximum atomic E-state index is 11.2. The Labute approximate surface area is 94.4 Å². The van der Waals surface area contributed by atoms with Crippen LogP contribution in [0.1, 0.15) is 13.3 Å². The van der Waals surface area contributed by atoms with Crippen molar-refractivity contribution in [1.82, 2.24) is 5.32 Å². The largest absolute Gasteiger partial charge is 0.482 e. The van der Waals surface area contributed by atoms with Gasteiger partial charge in [-0.1, -0.05) is 30.7 Å². The molecule has 0 heterocycles. The van der Waals surface area contributed by atoms with Crippen LogP contribution in [0, 0.1) is 0 Å². The Hall–Kier alpha value is -1.22. The van der Waals surface area contributed by atoms with Crippen molar-refractivity contribution in [3.8, 4) is 5.75 Å². The van der Waals surface area contributed by atoms with Gasteiger partial charge in [0.1, 0.15) is 5.75 Å². The summed E-state index contributed by atoms with van der Waals surface area (Å²) < 4.78 is 5.25. The van der Waals surface area contributed by atoms with Crippen LogP contribution in [0.25, 0.3) is 0 Å². The quantitative estimate of drug-likeness (QED) is 0.838. The van der Waals surface area contributed by atoms with E-state index in [1.165, 1.54) is 0 Å². The average molecular weight is 228 g/mol. The second kappa shape index (κ2) is 6.30. The van der Waals surface area contributed by atoms with Gasteiger partial charge >= 0.3 is 0 Å². The highest BCUT2D eigenvalue weighted by molar-refractivity contribution is 6.32. The van der Waals surface area contributed by atoms with E-state index < -0.39 is 0 Å². The second-order valence-corrected chi connectivity index (χ2v) is 3.48. The smallest absolute Gasteiger partial charge is 0.257 e. The molecule has 1 rings (SSSR count). The fourth-order valence-corrected chi connectivity index (χ4v) is 1.21. The van der Waals surface area contributed by atoms with Crippen LogP contribution in [0.15, 0.2) is 24.3 Å². The number of rotatable bonds is 5. The normalized spacial score (nSPS) is 9.73. The van der Waals surface area contributed by atoms with E-state index in [1.54, 1.807) is 12.1 Å². The summed E-state index contributed by atoms with van der Waals surface area (Å²) in [6.45, 7) is 2.67. The van der Waals surface area contributed by atoms with Gasteiger partial charge in [-0.2, -0.15) is 0 Å². The van der Waals surface area contributed by atoms with Crippen molar-refractivity contribution in [2.45, 2.75) is 13.3 Å². The summed E-state index contributed by atoms with van der Waals surface area (Å²) in [5, 5.41) is 3.23. The molecule has 0 aromatic heterocycles. The molecule has 82 valence electrons. The number of nitrogens with one attached hydrogen (secondary N) is 1. The van der Waals surface area contributed by atoms with Gasteiger partial charge in [0.15, 0.2) is 6.61 Å². The molecule has 0 unspecified atom stereocenters. The molecule has 3 nitrogen and oxygen atoms in total. The zero-order valence-electron chi connectivity index (χ0n) is 8.63. The first kappa shape index (κ1) is 11.9. The minimum atomic E-state index is -0.128. The molecule has 0 aliphatic heterocycles. The lowest BCUT2D eigenvalue weighted by Gasteiger charge is -2.07. The van der Waals surface area contributed by atoms with Crippen LogP contribution in [0.5, 0.6) is 5.75 Å². The molecule has 0 fully saturated rings. The monoisotopic (exact) mass is 227 g/mol. The van der Waals surface area contributed by atoms with E-state index in [0.29, 0.717) is 17.3 Å². The minimum Gasteiger partial charge on any atom is -0.482 e. The van der Waals surface area contributed by atoms with E-state index in [1.807, 2.05) is 19.1 Å². The van der Waals surface area contributed by atoms with Crippen LogP contribution in [-0.2, 0) is 4.79 Å². The van der Waals surface area contributed by atoms with Crippen molar-refractivity contribution in [1.29, 1.82) is 0 Å². The molecule has 0 spiro atoms. The first-order valence-electron chi connectivity index (χ1n) is 4.88. The maximum Gasteiger partial charge on any atom is 0.257 e. The van der Waals surface area contributed by atoms with Gasteiger partial charge in [-0.05, 0) is 18.6 Å². The highest BCUT2D eigenvalue weighted by Crippen LogP contribution is 2.22. The highest BCUT2D eigenvalue weighted by atomic mass is 35.5. The molecule has 1 aromatic carbocycles. The molecule has 1 N–H and O–H groups in total. The van der Waals surface area contributed by atoms with Crippen molar-refractivity contribution >= 4 is 17.5 Å². The summed E-state index contributed by atoms with van der Waals surface area (Å²) in [5.41, 5.74) is 0. The number of carbonyl (C=O) groups is 1. The Morgan fingerprint density at radius 2 is 2.20 bits per heavy atom. The van der Waals surface area contributed by atoms with Gasteiger partial charge in [-0.3, -0.25) is 4.79 Å². The number of para-hydroxylation sites is 1. The zero-order valence-corrected chi connectivity index (χ0v) is 9.38. The Morgan fingerprint density at radius 1 is 1.47 bits per heavy atom. The van der Waals surface area contributed by atoms with Gasteiger partial charge in [0.05, 0.1) is 5.02 Å². The third-order valence-corrected chi connectivity index (χ3v) is 2.08. The van der Waals surface area contributed by atoms with Crippen molar-refractivity contribution in [2.24, 2.45) is 0 Å². The van der Waals surface area contributed by atoms with Gasteiger partial charge in [0, 0.05) is 6.54 Å². The van der Waals surface area contributed by atoms with Gasteiger partial charge in [-0.15, -0.1) is 0 Å². The Morgan fingerprint density at radius 3 is 2.87 bits per heavy atom. The molecule has 0 radical (unpaired) electrons. The third kappa shape index (κ3) is 4.21. The number of hydrogen-bond acceptors (Lipinski definition) is 2. The summed E-state index contributed by atoms with van der Waals surface area (Å²) in [7, 11) is 0. The Bertz CT molecular complexity index is 328. The lowest BCUT2D eigenvalue weighted by atomic mass is 10.3. The molecular weight excluding hydrogens is 214 g/mol. The molecule has 0 aliphatic carbocycles. The van der Waals surface area contributed by atoms with E-state index in [0.717, 1.165) is 6.42 Å². The fourth-order valence-electron chi connectivity index (χ4n) is 1.02. The summed E-state index contributed by atoms with van der Waals surface area (Å²) in [6, 6.07) is 7.08. The molecule has 0 bridgehead atoms. The number of hydrogen-bond donors (Lipinski definition) is 1. The Kier molecular flexibility index (Phi) is 4.98. The molecule has 0 aliphatic rings. The second-order valence-electron chi connectivity index (χ2n) is 3.07. The molecular formula is C11H14ClNO2. The van der Waals surface area contributed by atoms with Crippen LogP contribution in [-0.4, -0.2) is 19.1 Å². The van der Waals surface area contributed by atoms with Gasteiger partial charge in [0.25, 0.3) is 5.91 Å². The summed E-state index contributed by atoms with van der Waals surface area (Å²) in [6.07, 6.45) is 0.915. The number of amides is 1. The molecule has 1 aromatic rings. The van der Waals surface area contributed by atoms with E-state index in [9.17, 15) is 4.79 Å². The lowest BCUT2D eigenvalue weighted by molar-refractivity contribution is -0.123. The van der Waals surface area contributed by atoms with Crippen LogP contribution in [0.3, 0.4) is 0 Å². The van der Waals surface area contributed by atoms with Gasteiger partial charge in [-0.25, -0.2) is 0 Å². The highest BCUT2D eigenvalue weighted by Gasteiger charge is 2.03. The van der Waals surface area contributed by atoms with E-state index in [-0.39, 0.29) is 12.5 Å². The number of benzene rings is 1. The molecule has 0 atom stereocenters. The van der Waals surface area contributed by atoms with E-state index in [4.69, 9.17) is 16.3 Å². The van der Waals surface area contributed by atoms with Gasteiger partial charge in [0.2, 0.25) is 0 Å². The standard InChI is InChI=1S/C11H14ClNO2/c1-2-7-13-11(14)8-15-10-6-4-3-5-9(10)12/h3-6H,2,7-8H2,1H3,(H,13,14). The SMILES string of the molecule is CCCNC(=O)COc1ccccc1Cl. The summed E-state index contributed by atoms with van der Waals surface area (Å²) in [4.78, 5) is 11.2. The molecule has 0 saturated heterocycles. The molecule has 1 amide bonds. The molecule has 4 heteroatoms. The van der Waals surface area contributed by atoms with Crippen molar-refractivity contribution in [2.75, 3.05) is 13.2 Å². The predicted molar refractivity (Wildman–Crippen MR) is 60.2 cm³/mol. The number of ether oxygens (including phenoxy) is 1. The van der Waals surface area contributed by atoms with Crippen molar-refractivity contribution in [3.05, 3.63) is 29.3 Å². The van der Waals surface area contributed by atoms with Crippen LogP contribution in [0.4, 0.5) is 0 Å². The minimum absolute atomic E-state index is 0.00370. The topological polar surface area (TPSA) is 38.3 Å². The van der Waals surface area contributed by atoms with Crippen LogP contribution >= 0.6 is 11.6 Å².